The third-order valence-corrected chi connectivity index (χ3v) is 6.44. The van der Waals surface area contributed by atoms with Crippen molar-refractivity contribution in [3.63, 3.8) is 0 Å². The highest BCUT2D eigenvalue weighted by Crippen LogP contribution is 2.37. The van der Waals surface area contributed by atoms with Crippen molar-refractivity contribution < 1.29 is 13.5 Å². The molecule has 3 rings (SSSR count). The number of phenols is 1. The van der Waals surface area contributed by atoms with Gasteiger partial charge >= 0.3 is 0 Å². The second kappa shape index (κ2) is 5.04. The summed E-state index contributed by atoms with van der Waals surface area (Å²) in [5.41, 5.74) is 2.45. The molecule has 1 saturated heterocycles. The molecule has 2 unspecified atom stereocenters. The maximum Gasteiger partial charge on any atom is 0.151 e. The molecule has 20 heavy (non-hydrogen) atoms. The highest BCUT2D eigenvalue weighted by molar-refractivity contribution is 7.91. The van der Waals surface area contributed by atoms with Gasteiger partial charge in [0, 0.05) is 12.1 Å². The Morgan fingerprint density at radius 3 is 2.80 bits per heavy atom. The molecule has 2 atom stereocenters. The molecule has 1 aromatic rings. The number of nitrogens with zero attached hydrogens (tertiary/aromatic N) is 1. The van der Waals surface area contributed by atoms with Crippen LogP contribution in [0.4, 0.5) is 0 Å². The molecule has 0 aromatic heterocycles. The van der Waals surface area contributed by atoms with Gasteiger partial charge in [0.2, 0.25) is 0 Å². The first-order valence-electron chi connectivity index (χ1n) is 7.20. The van der Waals surface area contributed by atoms with E-state index in [0.717, 1.165) is 25.7 Å². The molecule has 0 saturated carbocycles. The Morgan fingerprint density at radius 2 is 2.10 bits per heavy atom. The van der Waals surface area contributed by atoms with Crippen molar-refractivity contribution in [3.05, 3.63) is 29.3 Å². The monoisotopic (exact) mass is 295 g/mol. The lowest BCUT2D eigenvalue weighted by atomic mass is 9.86. The van der Waals surface area contributed by atoms with E-state index in [1.54, 1.807) is 6.07 Å². The molecule has 1 N–H and O–H groups in total. The maximum atomic E-state index is 11.7. The lowest BCUT2D eigenvalue weighted by Gasteiger charge is -2.36. The summed E-state index contributed by atoms with van der Waals surface area (Å²) < 4.78 is 23.3. The minimum Gasteiger partial charge on any atom is -0.508 e. The molecular weight excluding hydrogens is 274 g/mol. The summed E-state index contributed by atoms with van der Waals surface area (Å²) in [7, 11) is -0.833. The van der Waals surface area contributed by atoms with Crippen molar-refractivity contribution >= 4 is 9.84 Å². The second-order valence-electron chi connectivity index (χ2n) is 6.01. The number of phenolic OH excluding ortho intramolecular Hbond substituents is 1. The van der Waals surface area contributed by atoms with Crippen LogP contribution in [0.2, 0.25) is 0 Å². The number of aromatic hydroxyl groups is 1. The first-order chi connectivity index (χ1) is 9.46. The van der Waals surface area contributed by atoms with Crippen molar-refractivity contribution in [1.82, 2.24) is 4.90 Å². The number of fused-ring (bicyclic) bond motifs is 1. The smallest absolute Gasteiger partial charge is 0.151 e. The SMILES string of the molecule is CN(C1CCS(=O)(=O)C1)C1CCCc2ccc(O)cc21. The maximum absolute atomic E-state index is 11.7. The van der Waals surface area contributed by atoms with Crippen LogP contribution in [0.15, 0.2) is 18.2 Å². The van der Waals surface area contributed by atoms with E-state index in [1.807, 2.05) is 19.2 Å². The molecule has 4 nitrogen and oxygen atoms in total. The minimum atomic E-state index is -2.86. The standard InChI is InChI=1S/C15H21NO3S/c1-16(12-7-8-20(18,19)10-12)15-4-2-3-11-5-6-13(17)9-14(11)15/h5-6,9,12,15,17H,2-4,7-8,10H2,1H3. The van der Waals surface area contributed by atoms with Gasteiger partial charge in [-0.2, -0.15) is 0 Å². The number of hydrogen-bond acceptors (Lipinski definition) is 4. The van der Waals surface area contributed by atoms with Gasteiger partial charge in [0.25, 0.3) is 0 Å². The number of sulfone groups is 1. The molecule has 1 fully saturated rings. The average molecular weight is 295 g/mol. The van der Waals surface area contributed by atoms with Crippen LogP contribution in [0.1, 0.15) is 36.4 Å². The topological polar surface area (TPSA) is 57.6 Å². The Labute approximate surface area is 120 Å². The van der Waals surface area contributed by atoms with E-state index < -0.39 is 9.84 Å². The normalized spacial score (nSPS) is 28.5. The third-order valence-electron chi connectivity index (χ3n) is 4.69. The molecule has 0 spiro atoms. The quantitative estimate of drug-likeness (QED) is 0.905. The van der Waals surface area contributed by atoms with E-state index in [0.29, 0.717) is 11.5 Å². The first kappa shape index (κ1) is 13.9. The molecule has 0 bridgehead atoms. The van der Waals surface area contributed by atoms with Crippen molar-refractivity contribution in [2.75, 3.05) is 18.6 Å². The van der Waals surface area contributed by atoms with E-state index in [2.05, 4.69) is 4.90 Å². The molecule has 1 heterocycles. The van der Waals surface area contributed by atoms with Gasteiger partial charge < -0.3 is 5.11 Å². The summed E-state index contributed by atoms with van der Waals surface area (Å²) in [4.78, 5) is 2.21. The molecule has 2 aliphatic rings. The first-order valence-corrected chi connectivity index (χ1v) is 9.02. The molecule has 1 aromatic carbocycles. The highest BCUT2D eigenvalue weighted by atomic mass is 32.2. The average Bonchev–Trinajstić information content (AvgIpc) is 2.77. The van der Waals surface area contributed by atoms with Crippen molar-refractivity contribution in [1.29, 1.82) is 0 Å². The van der Waals surface area contributed by atoms with E-state index in [4.69, 9.17) is 0 Å². The van der Waals surface area contributed by atoms with E-state index in [9.17, 15) is 13.5 Å². The molecular formula is C15H21NO3S. The summed E-state index contributed by atoms with van der Waals surface area (Å²) in [6, 6.07) is 5.92. The Balaban J connectivity index is 1.87. The summed E-state index contributed by atoms with van der Waals surface area (Å²) in [5, 5.41) is 9.72. The van der Waals surface area contributed by atoms with Crippen LogP contribution < -0.4 is 0 Å². The fourth-order valence-electron chi connectivity index (χ4n) is 3.54. The lowest BCUT2D eigenvalue weighted by molar-refractivity contribution is 0.170. The Bertz CT molecular complexity index is 612. The number of benzene rings is 1. The van der Waals surface area contributed by atoms with Crippen molar-refractivity contribution in [2.45, 2.75) is 37.8 Å². The Morgan fingerprint density at radius 1 is 1.30 bits per heavy atom. The zero-order valence-electron chi connectivity index (χ0n) is 11.7. The van der Waals surface area contributed by atoms with Gasteiger partial charge in [0.1, 0.15) is 5.75 Å². The van der Waals surface area contributed by atoms with Gasteiger partial charge in [0.05, 0.1) is 11.5 Å². The predicted octanol–water partition coefficient (Wildman–Crippen LogP) is 1.89. The fourth-order valence-corrected chi connectivity index (χ4v) is 5.32. The summed E-state index contributed by atoms with van der Waals surface area (Å²) in [6.07, 6.45) is 3.92. The van der Waals surface area contributed by atoms with Gasteiger partial charge in [0.15, 0.2) is 9.84 Å². The molecule has 5 heteroatoms. The van der Waals surface area contributed by atoms with Crippen LogP contribution in [0, 0.1) is 0 Å². The van der Waals surface area contributed by atoms with Gasteiger partial charge in [-0.05, 0) is 56.0 Å². The fraction of sp³-hybridized carbons (Fsp3) is 0.600. The number of rotatable bonds is 2. The zero-order valence-corrected chi connectivity index (χ0v) is 12.6. The number of hydrogen-bond donors (Lipinski definition) is 1. The zero-order chi connectivity index (χ0) is 14.3. The van der Waals surface area contributed by atoms with E-state index in [1.165, 1.54) is 11.1 Å². The van der Waals surface area contributed by atoms with Crippen molar-refractivity contribution in [3.8, 4) is 5.75 Å². The molecule has 110 valence electrons. The van der Waals surface area contributed by atoms with Gasteiger partial charge in [-0.1, -0.05) is 6.07 Å². The van der Waals surface area contributed by atoms with Crippen LogP contribution >= 0.6 is 0 Å². The highest BCUT2D eigenvalue weighted by Gasteiger charge is 2.35. The Hall–Kier alpha value is -1.07. The van der Waals surface area contributed by atoms with Crippen LogP contribution in [0.5, 0.6) is 5.75 Å². The van der Waals surface area contributed by atoms with E-state index >= 15 is 0 Å². The molecule has 0 radical (unpaired) electrons. The van der Waals surface area contributed by atoms with Gasteiger partial charge in [-0.3, -0.25) is 4.90 Å². The Kier molecular flexibility index (Phi) is 3.50. The van der Waals surface area contributed by atoms with Crippen LogP contribution in [-0.2, 0) is 16.3 Å². The second-order valence-corrected chi connectivity index (χ2v) is 8.24. The van der Waals surface area contributed by atoms with Gasteiger partial charge in [-0.15, -0.1) is 0 Å². The predicted molar refractivity (Wildman–Crippen MR) is 78.6 cm³/mol. The summed E-state index contributed by atoms with van der Waals surface area (Å²) >= 11 is 0. The van der Waals surface area contributed by atoms with Crippen LogP contribution in [0.3, 0.4) is 0 Å². The van der Waals surface area contributed by atoms with Gasteiger partial charge in [-0.25, -0.2) is 8.42 Å². The van der Waals surface area contributed by atoms with Crippen molar-refractivity contribution in [2.24, 2.45) is 0 Å². The van der Waals surface area contributed by atoms with E-state index in [-0.39, 0.29) is 17.8 Å². The summed E-state index contributed by atoms with van der Waals surface area (Å²) in [5.74, 6) is 0.874. The summed E-state index contributed by atoms with van der Waals surface area (Å²) in [6.45, 7) is 0. The molecule has 1 aliphatic carbocycles. The van der Waals surface area contributed by atoms with Crippen LogP contribution in [0.25, 0.3) is 0 Å². The van der Waals surface area contributed by atoms with Crippen LogP contribution in [-0.4, -0.2) is 43.0 Å². The lowest BCUT2D eigenvalue weighted by Crippen LogP contribution is -2.37. The largest absolute Gasteiger partial charge is 0.508 e. The molecule has 0 amide bonds. The number of aryl methyl sites for hydroxylation is 1. The third kappa shape index (κ3) is 2.56. The minimum absolute atomic E-state index is 0.110. The molecule has 1 aliphatic heterocycles.